The summed E-state index contributed by atoms with van der Waals surface area (Å²) in [5.41, 5.74) is 0.671. The number of nitrogens with zero attached hydrogens (tertiary/aromatic N) is 2. The molecule has 0 aliphatic carbocycles. The number of rotatable bonds is 6. The Morgan fingerprint density at radius 2 is 1.90 bits per heavy atom. The molecule has 1 aromatic heterocycles. The molecule has 1 amide bonds. The Morgan fingerprint density at radius 1 is 1.19 bits per heavy atom. The van der Waals surface area contributed by atoms with E-state index in [1.54, 1.807) is 25.1 Å². The Balaban J connectivity index is 1.72. The van der Waals surface area contributed by atoms with E-state index < -0.39 is 29.6 Å². The van der Waals surface area contributed by atoms with Crippen LogP contribution in [-0.2, 0) is 16.1 Å². The van der Waals surface area contributed by atoms with Crippen molar-refractivity contribution in [1.82, 2.24) is 9.78 Å². The molecule has 0 radical (unpaired) electrons. The molecule has 6 nitrogen and oxygen atoms in total. The van der Waals surface area contributed by atoms with Gasteiger partial charge in [-0.2, -0.15) is 5.10 Å². The van der Waals surface area contributed by atoms with E-state index in [1.807, 2.05) is 6.07 Å². The van der Waals surface area contributed by atoms with Crippen molar-refractivity contribution in [2.45, 2.75) is 26.5 Å². The molecule has 1 N–H and O–H groups in total. The van der Waals surface area contributed by atoms with Crippen LogP contribution in [0.1, 0.15) is 28.5 Å². The zero-order valence-corrected chi connectivity index (χ0v) is 18.0. The third kappa shape index (κ3) is 5.21. The van der Waals surface area contributed by atoms with Crippen LogP contribution in [-0.4, -0.2) is 27.8 Å². The minimum atomic E-state index is -1.31. The lowest BCUT2D eigenvalue weighted by atomic mass is 10.2. The van der Waals surface area contributed by atoms with Gasteiger partial charge in [0.05, 0.1) is 17.9 Å². The molecule has 2 aromatic carbocycles. The molecule has 3 rings (SSSR count). The number of hydrogen-bond acceptors (Lipinski definition) is 4. The molecule has 1 atom stereocenters. The Morgan fingerprint density at radius 3 is 2.61 bits per heavy atom. The number of anilines is 1. The summed E-state index contributed by atoms with van der Waals surface area (Å²) in [6.07, 6.45) is -1.31. The lowest BCUT2D eigenvalue weighted by Gasteiger charge is -2.14. The van der Waals surface area contributed by atoms with Crippen molar-refractivity contribution in [2.75, 3.05) is 5.32 Å². The van der Waals surface area contributed by atoms with E-state index in [2.05, 4.69) is 10.4 Å². The van der Waals surface area contributed by atoms with Crippen molar-refractivity contribution in [3.8, 4) is 0 Å². The number of benzene rings is 2. The summed E-state index contributed by atoms with van der Waals surface area (Å²) in [5.74, 6) is -3.27. The van der Waals surface area contributed by atoms with Crippen LogP contribution in [0.25, 0.3) is 0 Å². The number of carbonyl (C=O) groups is 2. The van der Waals surface area contributed by atoms with Gasteiger partial charge in [-0.15, -0.1) is 0 Å². The van der Waals surface area contributed by atoms with E-state index in [0.717, 1.165) is 23.8 Å². The Bertz CT molecular complexity index is 1150. The number of ether oxygens (including phenoxy) is 1. The summed E-state index contributed by atoms with van der Waals surface area (Å²) in [6, 6.07) is 9.72. The van der Waals surface area contributed by atoms with Gasteiger partial charge in [-0.05, 0) is 37.6 Å². The number of carbonyl (C=O) groups excluding carboxylic acids is 2. The van der Waals surface area contributed by atoms with E-state index in [1.165, 1.54) is 11.6 Å². The molecule has 0 saturated carbocycles. The normalized spacial score (nSPS) is 11.8. The zero-order chi connectivity index (χ0) is 22.7. The second-order valence-electron chi connectivity index (χ2n) is 6.66. The number of amides is 1. The molecule has 1 heterocycles. The number of halogens is 4. The smallest absolute Gasteiger partial charge is 0.343 e. The number of nitrogens with one attached hydrogen (secondary N) is 1. The Hall–Kier alpha value is -2.97. The first-order valence-electron chi connectivity index (χ1n) is 9.10. The molecular weight excluding hydrogens is 451 g/mol. The summed E-state index contributed by atoms with van der Waals surface area (Å²) in [5, 5.41) is 6.96. The van der Waals surface area contributed by atoms with Gasteiger partial charge in [0, 0.05) is 11.1 Å². The number of aryl methyl sites for hydroxylation is 1. The minimum Gasteiger partial charge on any atom is -0.449 e. The maximum atomic E-state index is 13.7. The van der Waals surface area contributed by atoms with Gasteiger partial charge in [-0.1, -0.05) is 41.4 Å². The van der Waals surface area contributed by atoms with Gasteiger partial charge in [0.2, 0.25) is 0 Å². The van der Waals surface area contributed by atoms with E-state index in [9.17, 15) is 18.4 Å². The topological polar surface area (TPSA) is 73.2 Å². The van der Waals surface area contributed by atoms with Gasteiger partial charge >= 0.3 is 5.97 Å². The molecular formula is C21H17Cl2F2N3O3. The van der Waals surface area contributed by atoms with Gasteiger partial charge in [0.25, 0.3) is 5.91 Å². The standard InChI is InChI=1S/C21H17Cl2F2N3O3/c1-11-18(19(23)28(27-11)10-13-5-3-4-6-15(13)22)21(30)31-12(2)20(29)26-17-9-14(24)7-8-16(17)25/h3-9,12H,10H2,1-2H3,(H,26,29). The second-order valence-corrected chi connectivity index (χ2v) is 7.43. The largest absolute Gasteiger partial charge is 0.449 e. The van der Waals surface area contributed by atoms with Gasteiger partial charge in [0.1, 0.15) is 22.4 Å². The highest BCUT2D eigenvalue weighted by molar-refractivity contribution is 6.33. The molecule has 0 aliphatic heterocycles. The van der Waals surface area contributed by atoms with Crippen LogP contribution < -0.4 is 5.32 Å². The summed E-state index contributed by atoms with van der Waals surface area (Å²) in [7, 11) is 0. The maximum absolute atomic E-state index is 13.7. The molecule has 10 heteroatoms. The maximum Gasteiger partial charge on any atom is 0.343 e. The molecule has 0 aliphatic rings. The fourth-order valence-corrected chi connectivity index (χ4v) is 3.29. The lowest BCUT2D eigenvalue weighted by Crippen LogP contribution is -2.30. The molecule has 162 valence electrons. The van der Waals surface area contributed by atoms with Gasteiger partial charge in [-0.25, -0.2) is 18.3 Å². The number of hydrogen-bond donors (Lipinski definition) is 1. The first-order chi connectivity index (χ1) is 14.7. The number of esters is 1. The van der Waals surface area contributed by atoms with E-state index in [-0.39, 0.29) is 22.9 Å². The molecule has 0 spiro atoms. The highest BCUT2D eigenvalue weighted by Crippen LogP contribution is 2.24. The molecule has 0 saturated heterocycles. The third-order valence-corrected chi connectivity index (χ3v) is 5.14. The second kappa shape index (κ2) is 9.45. The summed E-state index contributed by atoms with van der Waals surface area (Å²) < 4.78 is 33.5. The van der Waals surface area contributed by atoms with E-state index >= 15 is 0 Å². The fraction of sp³-hybridized carbons (Fsp3) is 0.190. The van der Waals surface area contributed by atoms with Gasteiger partial charge in [-0.3, -0.25) is 4.79 Å². The molecule has 0 bridgehead atoms. The van der Waals surface area contributed by atoms with Crippen molar-refractivity contribution in [3.05, 3.63) is 81.1 Å². The van der Waals surface area contributed by atoms with Crippen molar-refractivity contribution >= 4 is 40.8 Å². The van der Waals surface area contributed by atoms with Crippen molar-refractivity contribution in [1.29, 1.82) is 0 Å². The first-order valence-corrected chi connectivity index (χ1v) is 9.86. The van der Waals surface area contributed by atoms with Crippen molar-refractivity contribution in [2.24, 2.45) is 0 Å². The Kier molecular flexibility index (Phi) is 6.92. The van der Waals surface area contributed by atoms with Crippen LogP contribution in [0.3, 0.4) is 0 Å². The van der Waals surface area contributed by atoms with Crippen LogP contribution in [0.2, 0.25) is 10.2 Å². The van der Waals surface area contributed by atoms with Gasteiger partial charge < -0.3 is 10.1 Å². The van der Waals surface area contributed by atoms with Crippen LogP contribution in [0.5, 0.6) is 0 Å². The minimum absolute atomic E-state index is 0.00898. The van der Waals surface area contributed by atoms with E-state index in [0.29, 0.717) is 10.7 Å². The van der Waals surface area contributed by atoms with Gasteiger partial charge in [0.15, 0.2) is 6.10 Å². The molecule has 1 unspecified atom stereocenters. The summed E-state index contributed by atoms with van der Waals surface area (Å²) in [4.78, 5) is 24.9. The average Bonchev–Trinajstić information content (AvgIpc) is 2.99. The highest BCUT2D eigenvalue weighted by Gasteiger charge is 2.26. The van der Waals surface area contributed by atoms with Crippen LogP contribution in [0.4, 0.5) is 14.5 Å². The lowest BCUT2D eigenvalue weighted by molar-refractivity contribution is -0.123. The number of aromatic nitrogens is 2. The SMILES string of the molecule is Cc1nn(Cc2ccccc2Cl)c(Cl)c1C(=O)OC(C)C(=O)Nc1cc(F)ccc1F. The predicted molar refractivity (Wildman–Crippen MR) is 112 cm³/mol. The van der Waals surface area contributed by atoms with Crippen LogP contribution in [0, 0.1) is 18.6 Å². The molecule has 31 heavy (non-hydrogen) atoms. The predicted octanol–water partition coefficient (Wildman–Crippen LogP) is 5.01. The first kappa shape index (κ1) is 22.7. The molecule has 0 fully saturated rings. The van der Waals surface area contributed by atoms with E-state index in [4.69, 9.17) is 27.9 Å². The fourth-order valence-electron chi connectivity index (χ4n) is 2.78. The monoisotopic (exact) mass is 467 g/mol. The summed E-state index contributed by atoms with van der Waals surface area (Å²) in [6.45, 7) is 3.09. The Labute approximate surface area is 186 Å². The molecule has 3 aromatic rings. The zero-order valence-electron chi connectivity index (χ0n) is 16.5. The van der Waals surface area contributed by atoms with Crippen LogP contribution >= 0.6 is 23.2 Å². The highest BCUT2D eigenvalue weighted by atomic mass is 35.5. The third-order valence-electron chi connectivity index (χ3n) is 4.39. The van der Waals surface area contributed by atoms with Crippen molar-refractivity contribution in [3.63, 3.8) is 0 Å². The van der Waals surface area contributed by atoms with Crippen LogP contribution in [0.15, 0.2) is 42.5 Å². The quantitative estimate of drug-likeness (QED) is 0.517. The van der Waals surface area contributed by atoms with Crippen molar-refractivity contribution < 1.29 is 23.1 Å². The summed E-state index contributed by atoms with van der Waals surface area (Å²) >= 11 is 12.5. The average molecular weight is 468 g/mol.